The van der Waals surface area contributed by atoms with Crippen molar-refractivity contribution in [1.29, 1.82) is 0 Å². The highest BCUT2D eigenvalue weighted by Crippen LogP contribution is 2.26. The van der Waals surface area contributed by atoms with Crippen molar-refractivity contribution in [3.8, 4) is 11.1 Å². The molecule has 1 heterocycles. The summed E-state index contributed by atoms with van der Waals surface area (Å²) in [5.74, 6) is 0.258. The fourth-order valence-electron chi connectivity index (χ4n) is 3.17. The maximum absolute atomic E-state index is 13.5. The molecule has 0 saturated carbocycles. The number of nitrogens with zero attached hydrogens (tertiary/aromatic N) is 2. The van der Waals surface area contributed by atoms with Crippen LogP contribution in [-0.4, -0.2) is 45.2 Å². The van der Waals surface area contributed by atoms with Crippen LogP contribution in [0.4, 0.5) is 4.39 Å². The van der Waals surface area contributed by atoms with Crippen molar-refractivity contribution >= 4 is 23.7 Å². The molecule has 31 heavy (non-hydrogen) atoms. The minimum atomic E-state index is -0.330. The predicted octanol–water partition coefficient (Wildman–Crippen LogP) is 4.25. The number of amides is 1. The summed E-state index contributed by atoms with van der Waals surface area (Å²) in [6.07, 6.45) is 12.0. The number of nitrogens with one attached hydrogen (secondary N) is 1. The zero-order valence-electron chi connectivity index (χ0n) is 17.4. The average Bonchev–Trinajstić information content (AvgIpc) is 3.30. The van der Waals surface area contributed by atoms with E-state index in [0.29, 0.717) is 24.1 Å². The van der Waals surface area contributed by atoms with Gasteiger partial charge in [0.1, 0.15) is 5.82 Å². The third kappa shape index (κ3) is 6.54. The number of allylic oxidation sites excluding steroid dienone is 1. The Morgan fingerprint density at radius 2 is 2.10 bits per heavy atom. The molecular formula is C24H26FN3O2S. The van der Waals surface area contributed by atoms with E-state index in [1.165, 1.54) is 12.1 Å². The summed E-state index contributed by atoms with van der Waals surface area (Å²) in [5, 5.41) is 12.5. The molecule has 0 aliphatic carbocycles. The van der Waals surface area contributed by atoms with Crippen molar-refractivity contribution in [2.45, 2.75) is 19.0 Å². The molecule has 3 rings (SSSR count). The third-order valence-electron chi connectivity index (χ3n) is 4.86. The molecule has 1 aromatic heterocycles. The molecule has 1 atom stereocenters. The van der Waals surface area contributed by atoms with Gasteiger partial charge in [-0.1, -0.05) is 30.4 Å². The quantitative estimate of drug-likeness (QED) is 0.496. The zero-order valence-corrected chi connectivity index (χ0v) is 18.2. The first-order valence-electron chi connectivity index (χ1n) is 10.0. The topological polar surface area (TPSA) is 67.2 Å². The number of benzene rings is 2. The van der Waals surface area contributed by atoms with E-state index in [9.17, 15) is 14.3 Å². The minimum Gasteiger partial charge on any atom is -0.394 e. The lowest BCUT2D eigenvalue weighted by molar-refractivity contribution is 0.0916. The summed E-state index contributed by atoms with van der Waals surface area (Å²) < 4.78 is 15.4. The van der Waals surface area contributed by atoms with Crippen LogP contribution < -0.4 is 5.32 Å². The van der Waals surface area contributed by atoms with Gasteiger partial charge in [0.05, 0.1) is 19.0 Å². The highest BCUT2D eigenvalue weighted by atomic mass is 32.2. The summed E-state index contributed by atoms with van der Waals surface area (Å²) in [5.41, 5.74) is 2.88. The number of carbonyl (C=O) groups excluding carboxylic acids is 1. The van der Waals surface area contributed by atoms with Gasteiger partial charge >= 0.3 is 0 Å². The fourth-order valence-corrected chi connectivity index (χ4v) is 3.69. The van der Waals surface area contributed by atoms with Gasteiger partial charge in [-0.15, -0.1) is 0 Å². The van der Waals surface area contributed by atoms with E-state index in [-0.39, 0.29) is 24.4 Å². The summed E-state index contributed by atoms with van der Waals surface area (Å²) >= 11 is 1.67. The van der Waals surface area contributed by atoms with E-state index in [0.717, 1.165) is 16.9 Å². The standard InChI is InChI=1S/C24H26FN3O2S/c1-31-14-10-21(16-29)27-24(30)22-9-4-18(3-2-12-28-13-11-26-17-28)15-23(22)19-5-7-20(25)8-6-19/h2-9,11,13,15,17,21,29H,10,12,14,16H2,1H3,(H,27,30)/t21-/m0/s1. The molecule has 0 aliphatic heterocycles. The van der Waals surface area contributed by atoms with Gasteiger partial charge in [-0.2, -0.15) is 11.8 Å². The van der Waals surface area contributed by atoms with Crippen molar-refractivity contribution in [2.24, 2.45) is 0 Å². The molecule has 3 aromatic rings. The third-order valence-corrected chi connectivity index (χ3v) is 5.50. The molecular weight excluding hydrogens is 413 g/mol. The Balaban J connectivity index is 1.87. The van der Waals surface area contributed by atoms with Crippen LogP contribution in [0.2, 0.25) is 0 Å². The van der Waals surface area contributed by atoms with E-state index < -0.39 is 0 Å². The maximum Gasteiger partial charge on any atom is 0.252 e. The smallest absolute Gasteiger partial charge is 0.252 e. The molecule has 0 saturated heterocycles. The number of thioether (sulfide) groups is 1. The number of aliphatic hydroxyl groups is 1. The molecule has 0 radical (unpaired) electrons. The van der Waals surface area contributed by atoms with E-state index in [1.807, 2.05) is 41.3 Å². The zero-order chi connectivity index (χ0) is 22.1. The van der Waals surface area contributed by atoms with Crippen LogP contribution in [0.25, 0.3) is 17.2 Å². The number of rotatable bonds is 10. The van der Waals surface area contributed by atoms with Crippen molar-refractivity contribution in [3.05, 3.63) is 84.2 Å². The van der Waals surface area contributed by atoms with Gasteiger partial charge in [-0.05, 0) is 59.4 Å². The predicted molar refractivity (Wildman–Crippen MR) is 124 cm³/mol. The van der Waals surface area contributed by atoms with Crippen LogP contribution in [-0.2, 0) is 6.54 Å². The SMILES string of the molecule is CSCC[C@@H](CO)NC(=O)c1ccc(C=CCn2ccnc2)cc1-c1ccc(F)cc1. The van der Waals surface area contributed by atoms with Crippen LogP contribution in [0, 0.1) is 5.82 Å². The molecule has 0 fully saturated rings. The first-order valence-corrected chi connectivity index (χ1v) is 11.4. The molecule has 5 nitrogen and oxygen atoms in total. The van der Waals surface area contributed by atoms with Crippen LogP contribution in [0.1, 0.15) is 22.3 Å². The molecule has 1 amide bonds. The van der Waals surface area contributed by atoms with Gasteiger partial charge in [-0.25, -0.2) is 9.37 Å². The molecule has 0 spiro atoms. The van der Waals surface area contributed by atoms with E-state index in [4.69, 9.17) is 0 Å². The van der Waals surface area contributed by atoms with Crippen LogP contribution in [0.5, 0.6) is 0 Å². The molecule has 2 N–H and O–H groups in total. The number of halogens is 1. The second kappa shape index (κ2) is 11.5. The largest absolute Gasteiger partial charge is 0.394 e. The van der Waals surface area contributed by atoms with Crippen LogP contribution in [0.3, 0.4) is 0 Å². The highest BCUT2D eigenvalue weighted by molar-refractivity contribution is 7.98. The van der Waals surface area contributed by atoms with Crippen LogP contribution >= 0.6 is 11.8 Å². The van der Waals surface area contributed by atoms with Crippen molar-refractivity contribution in [1.82, 2.24) is 14.9 Å². The lowest BCUT2D eigenvalue weighted by Crippen LogP contribution is -2.38. The summed E-state index contributed by atoms with van der Waals surface area (Å²) in [4.78, 5) is 17.0. The Morgan fingerprint density at radius 3 is 2.77 bits per heavy atom. The first-order chi connectivity index (χ1) is 15.1. The number of aliphatic hydroxyl groups excluding tert-OH is 1. The molecule has 2 aromatic carbocycles. The van der Waals surface area contributed by atoms with Crippen LogP contribution in [0.15, 0.2) is 67.3 Å². The number of aromatic nitrogens is 2. The van der Waals surface area contributed by atoms with Crippen molar-refractivity contribution < 1.29 is 14.3 Å². The Kier molecular flexibility index (Phi) is 8.44. The van der Waals surface area contributed by atoms with Gasteiger partial charge < -0.3 is 15.0 Å². The summed E-state index contributed by atoms with van der Waals surface area (Å²) in [6.45, 7) is 0.564. The Morgan fingerprint density at radius 1 is 1.29 bits per heavy atom. The van der Waals surface area contributed by atoms with E-state index in [1.54, 1.807) is 42.5 Å². The van der Waals surface area contributed by atoms with Gasteiger partial charge in [-0.3, -0.25) is 4.79 Å². The molecule has 162 valence electrons. The number of hydrogen-bond donors (Lipinski definition) is 2. The van der Waals surface area contributed by atoms with E-state index in [2.05, 4.69) is 10.3 Å². The van der Waals surface area contributed by atoms with Crippen molar-refractivity contribution in [3.63, 3.8) is 0 Å². The highest BCUT2D eigenvalue weighted by Gasteiger charge is 2.17. The minimum absolute atomic E-state index is 0.118. The van der Waals surface area contributed by atoms with Gasteiger partial charge in [0.2, 0.25) is 0 Å². The number of hydrogen-bond acceptors (Lipinski definition) is 4. The maximum atomic E-state index is 13.5. The molecule has 0 unspecified atom stereocenters. The Hall–Kier alpha value is -2.90. The van der Waals surface area contributed by atoms with E-state index >= 15 is 0 Å². The fraction of sp³-hybridized carbons (Fsp3) is 0.250. The Labute approximate surface area is 186 Å². The molecule has 0 bridgehead atoms. The number of carbonyl (C=O) groups is 1. The van der Waals surface area contributed by atoms with Crippen molar-refractivity contribution in [2.75, 3.05) is 18.6 Å². The Bertz CT molecular complexity index is 1000. The molecule has 0 aliphatic rings. The van der Waals surface area contributed by atoms with Gasteiger partial charge in [0.25, 0.3) is 5.91 Å². The monoisotopic (exact) mass is 439 g/mol. The summed E-state index contributed by atoms with van der Waals surface area (Å²) in [7, 11) is 0. The lowest BCUT2D eigenvalue weighted by Gasteiger charge is -2.18. The average molecular weight is 440 g/mol. The normalized spacial score (nSPS) is 12.2. The first kappa shape index (κ1) is 22.8. The van der Waals surface area contributed by atoms with Gasteiger partial charge in [0, 0.05) is 24.5 Å². The van der Waals surface area contributed by atoms with Gasteiger partial charge in [0.15, 0.2) is 0 Å². The summed E-state index contributed by atoms with van der Waals surface area (Å²) in [6, 6.07) is 11.4. The number of imidazole rings is 1. The lowest BCUT2D eigenvalue weighted by atomic mass is 9.96. The molecule has 7 heteroatoms. The second-order valence-electron chi connectivity index (χ2n) is 7.11. The second-order valence-corrected chi connectivity index (χ2v) is 8.09.